The lowest BCUT2D eigenvalue weighted by molar-refractivity contribution is -0.385. The van der Waals surface area contributed by atoms with Crippen molar-refractivity contribution in [1.82, 2.24) is 5.43 Å². The number of non-ortho nitro benzene ring substituents is 1. The van der Waals surface area contributed by atoms with Crippen LogP contribution in [0, 0.1) is 10.1 Å². The minimum absolute atomic E-state index is 0.169. The maximum absolute atomic E-state index is 12.3. The van der Waals surface area contributed by atoms with E-state index < -0.39 is 10.8 Å². The Balaban J connectivity index is 2.28. The normalized spacial score (nSPS) is 10.4. The molecule has 1 amide bonds. The van der Waals surface area contributed by atoms with Crippen molar-refractivity contribution in [1.29, 1.82) is 0 Å². The lowest BCUT2D eigenvalue weighted by Crippen LogP contribution is -2.17. The number of nitrogens with one attached hydrogen (secondary N) is 1. The van der Waals surface area contributed by atoms with Gasteiger partial charge in [-0.25, -0.2) is 5.43 Å². The highest BCUT2D eigenvalue weighted by atomic mass is 16.6. The van der Waals surface area contributed by atoms with Crippen molar-refractivity contribution in [3.05, 3.63) is 51.6 Å². The number of nitro groups is 1. The zero-order valence-electron chi connectivity index (χ0n) is 15.7. The predicted octanol–water partition coefficient (Wildman–Crippen LogP) is 2.39. The van der Waals surface area contributed by atoms with E-state index in [0.29, 0.717) is 11.5 Å². The molecule has 0 aromatic heterocycles. The Morgan fingerprint density at radius 2 is 1.64 bits per heavy atom. The molecule has 0 bridgehead atoms. The van der Waals surface area contributed by atoms with Crippen molar-refractivity contribution < 1.29 is 28.7 Å². The number of hydrogen-bond acceptors (Lipinski definition) is 8. The van der Waals surface area contributed by atoms with Gasteiger partial charge in [-0.15, -0.1) is 0 Å². The fourth-order valence-corrected chi connectivity index (χ4v) is 2.34. The average molecular weight is 389 g/mol. The van der Waals surface area contributed by atoms with Crippen LogP contribution < -0.4 is 24.4 Å². The van der Waals surface area contributed by atoms with E-state index in [1.165, 1.54) is 58.9 Å². The van der Waals surface area contributed by atoms with E-state index in [0.717, 1.165) is 0 Å². The third kappa shape index (κ3) is 4.67. The Bertz CT molecular complexity index is 890. The molecule has 0 heterocycles. The van der Waals surface area contributed by atoms with Gasteiger partial charge in [0.1, 0.15) is 11.5 Å². The van der Waals surface area contributed by atoms with Crippen molar-refractivity contribution in [3.8, 4) is 23.0 Å². The number of nitrogens with zero attached hydrogens (tertiary/aromatic N) is 2. The molecular weight excluding hydrogens is 370 g/mol. The van der Waals surface area contributed by atoms with Crippen LogP contribution in [0.4, 0.5) is 5.69 Å². The second kappa shape index (κ2) is 9.21. The quantitative estimate of drug-likeness (QED) is 0.418. The summed E-state index contributed by atoms with van der Waals surface area (Å²) >= 11 is 0. The molecule has 2 rings (SSSR count). The summed E-state index contributed by atoms with van der Waals surface area (Å²) < 4.78 is 20.6. The second-order valence-electron chi connectivity index (χ2n) is 5.33. The van der Waals surface area contributed by atoms with Crippen LogP contribution in [0.25, 0.3) is 0 Å². The zero-order valence-corrected chi connectivity index (χ0v) is 15.7. The van der Waals surface area contributed by atoms with Crippen LogP contribution >= 0.6 is 0 Å². The van der Waals surface area contributed by atoms with Gasteiger partial charge in [-0.3, -0.25) is 14.9 Å². The molecule has 10 nitrogen and oxygen atoms in total. The fourth-order valence-electron chi connectivity index (χ4n) is 2.34. The van der Waals surface area contributed by atoms with E-state index >= 15 is 0 Å². The number of benzene rings is 2. The van der Waals surface area contributed by atoms with Crippen molar-refractivity contribution in [2.45, 2.75) is 0 Å². The third-order valence-corrected chi connectivity index (χ3v) is 3.69. The highest BCUT2D eigenvalue weighted by Crippen LogP contribution is 2.34. The van der Waals surface area contributed by atoms with Gasteiger partial charge in [-0.2, -0.15) is 5.10 Å². The van der Waals surface area contributed by atoms with Crippen LogP contribution in [0.5, 0.6) is 23.0 Å². The van der Waals surface area contributed by atoms with E-state index in [9.17, 15) is 14.9 Å². The van der Waals surface area contributed by atoms with Crippen molar-refractivity contribution in [2.75, 3.05) is 28.4 Å². The van der Waals surface area contributed by atoms with Gasteiger partial charge in [0.2, 0.25) is 0 Å². The molecule has 2 aromatic rings. The number of carbonyl (C=O) groups excluding carboxylic acids is 1. The van der Waals surface area contributed by atoms with Crippen LogP contribution in [0.1, 0.15) is 15.9 Å². The van der Waals surface area contributed by atoms with Crippen LogP contribution in [-0.4, -0.2) is 45.5 Å². The lowest BCUT2D eigenvalue weighted by Gasteiger charge is -2.10. The first-order chi connectivity index (χ1) is 13.4. The Labute approximate surface area is 160 Å². The van der Waals surface area contributed by atoms with Crippen molar-refractivity contribution >= 4 is 17.8 Å². The van der Waals surface area contributed by atoms with Crippen LogP contribution in [-0.2, 0) is 0 Å². The number of rotatable bonds is 8. The molecule has 28 heavy (non-hydrogen) atoms. The molecule has 10 heteroatoms. The number of amides is 1. The predicted molar refractivity (Wildman–Crippen MR) is 101 cm³/mol. The fraction of sp³-hybridized carbons (Fsp3) is 0.222. The van der Waals surface area contributed by atoms with Gasteiger partial charge in [0.05, 0.1) is 45.6 Å². The minimum Gasteiger partial charge on any atom is -0.497 e. The topological polar surface area (TPSA) is 122 Å². The highest BCUT2D eigenvalue weighted by molar-refractivity contribution is 5.96. The SMILES string of the molecule is COc1cc(OC)cc(C(=O)N/N=C/c2cc([N+](=O)[O-])cc(OC)c2OC)c1. The van der Waals surface area contributed by atoms with Gasteiger partial charge < -0.3 is 18.9 Å². The van der Waals surface area contributed by atoms with E-state index in [-0.39, 0.29) is 28.3 Å². The first-order valence-corrected chi connectivity index (χ1v) is 7.90. The molecule has 0 saturated heterocycles. The molecule has 0 fully saturated rings. The average Bonchev–Trinajstić information content (AvgIpc) is 2.72. The molecular formula is C18H19N3O7. The summed E-state index contributed by atoms with van der Waals surface area (Å²) in [6.45, 7) is 0. The van der Waals surface area contributed by atoms with Crippen LogP contribution in [0.15, 0.2) is 35.4 Å². The molecule has 0 saturated carbocycles. The van der Waals surface area contributed by atoms with Gasteiger partial charge in [0.15, 0.2) is 11.5 Å². The van der Waals surface area contributed by atoms with E-state index in [2.05, 4.69) is 10.5 Å². The number of hydrogen-bond donors (Lipinski definition) is 1. The van der Waals surface area contributed by atoms with Gasteiger partial charge in [0.25, 0.3) is 11.6 Å². The second-order valence-corrected chi connectivity index (χ2v) is 5.33. The summed E-state index contributed by atoms with van der Waals surface area (Å²) in [5, 5.41) is 14.9. The van der Waals surface area contributed by atoms with E-state index in [1.54, 1.807) is 6.07 Å². The standard InChI is InChI=1S/C18H19N3O7/c1-25-14-6-11(7-15(9-14)26-2)18(22)20-19-10-12-5-13(21(23)24)8-16(27-3)17(12)28-4/h5-10H,1-4H3,(H,20,22)/b19-10+. The van der Waals surface area contributed by atoms with Gasteiger partial charge >= 0.3 is 0 Å². The minimum atomic E-state index is -0.569. The molecule has 1 N–H and O–H groups in total. The number of methoxy groups -OCH3 is 4. The first kappa shape index (κ1) is 20.5. The summed E-state index contributed by atoms with van der Waals surface area (Å²) in [5.41, 5.74) is 2.66. The molecule has 2 aromatic carbocycles. The van der Waals surface area contributed by atoms with Gasteiger partial charge in [-0.1, -0.05) is 0 Å². The smallest absolute Gasteiger partial charge is 0.274 e. The summed E-state index contributed by atoms with van der Waals surface area (Å²) in [6.07, 6.45) is 1.23. The Hall–Kier alpha value is -3.82. The summed E-state index contributed by atoms with van der Waals surface area (Å²) in [6, 6.07) is 7.15. The maximum atomic E-state index is 12.3. The van der Waals surface area contributed by atoms with Gasteiger partial charge in [-0.05, 0) is 12.1 Å². The molecule has 0 atom stereocenters. The Morgan fingerprint density at radius 3 is 2.14 bits per heavy atom. The molecule has 0 spiro atoms. The number of hydrazone groups is 1. The van der Waals surface area contributed by atoms with Gasteiger partial charge in [0, 0.05) is 23.3 Å². The Morgan fingerprint density at radius 1 is 1.00 bits per heavy atom. The first-order valence-electron chi connectivity index (χ1n) is 7.90. The summed E-state index contributed by atoms with van der Waals surface area (Å²) in [4.78, 5) is 22.8. The maximum Gasteiger partial charge on any atom is 0.274 e. The number of nitro benzene ring substituents is 1. The lowest BCUT2D eigenvalue weighted by atomic mass is 10.1. The molecule has 0 unspecified atom stereocenters. The van der Waals surface area contributed by atoms with E-state index in [4.69, 9.17) is 18.9 Å². The molecule has 0 aliphatic rings. The zero-order chi connectivity index (χ0) is 20.7. The monoisotopic (exact) mass is 389 g/mol. The van der Waals surface area contributed by atoms with Crippen LogP contribution in [0.3, 0.4) is 0 Å². The molecule has 0 aliphatic heterocycles. The molecule has 0 aliphatic carbocycles. The van der Waals surface area contributed by atoms with Crippen molar-refractivity contribution in [3.63, 3.8) is 0 Å². The van der Waals surface area contributed by atoms with E-state index in [1.807, 2.05) is 0 Å². The van der Waals surface area contributed by atoms with Crippen LogP contribution in [0.2, 0.25) is 0 Å². The molecule has 0 radical (unpaired) electrons. The summed E-state index contributed by atoms with van der Waals surface area (Å²) in [5.74, 6) is 0.776. The largest absolute Gasteiger partial charge is 0.497 e. The summed E-state index contributed by atoms with van der Waals surface area (Å²) in [7, 11) is 5.69. The number of ether oxygens (including phenoxy) is 4. The molecule has 148 valence electrons. The highest BCUT2D eigenvalue weighted by Gasteiger charge is 2.17. The third-order valence-electron chi connectivity index (χ3n) is 3.69. The Kier molecular flexibility index (Phi) is 6.74. The number of carbonyl (C=O) groups is 1. The van der Waals surface area contributed by atoms with Crippen molar-refractivity contribution in [2.24, 2.45) is 5.10 Å².